The predicted molar refractivity (Wildman–Crippen MR) is 92.0 cm³/mol. The molecule has 3 rings (SSSR count). The molecule has 1 aromatic heterocycles. The summed E-state index contributed by atoms with van der Waals surface area (Å²) in [6.45, 7) is 6.12. The molecule has 21 heavy (non-hydrogen) atoms. The molecule has 1 saturated heterocycles. The van der Waals surface area contributed by atoms with Crippen LogP contribution in [0.1, 0.15) is 12.0 Å². The Morgan fingerprint density at radius 1 is 1.05 bits per heavy atom. The SMILES string of the molecule is CN1CCN(CCCc2cccc(-c3cccs3)c2)CC1. The molecule has 2 nitrogen and oxygen atoms in total. The predicted octanol–water partition coefficient (Wildman–Crippen LogP) is 3.60. The van der Waals surface area contributed by atoms with E-state index in [1.807, 2.05) is 11.3 Å². The number of rotatable bonds is 5. The molecular formula is C18H24N2S. The highest BCUT2D eigenvalue weighted by Crippen LogP contribution is 2.25. The van der Waals surface area contributed by atoms with Gasteiger partial charge in [0.15, 0.2) is 0 Å². The van der Waals surface area contributed by atoms with Crippen LogP contribution in [-0.4, -0.2) is 49.6 Å². The van der Waals surface area contributed by atoms with Gasteiger partial charge in [0.2, 0.25) is 0 Å². The lowest BCUT2D eigenvalue weighted by Crippen LogP contribution is -2.44. The van der Waals surface area contributed by atoms with Crippen LogP contribution >= 0.6 is 11.3 Å². The van der Waals surface area contributed by atoms with E-state index in [2.05, 4.69) is 58.6 Å². The number of likely N-dealkylation sites (N-methyl/N-ethyl adjacent to an activating group) is 1. The van der Waals surface area contributed by atoms with Crippen molar-refractivity contribution in [1.29, 1.82) is 0 Å². The molecular weight excluding hydrogens is 276 g/mol. The van der Waals surface area contributed by atoms with E-state index in [0.29, 0.717) is 0 Å². The molecule has 0 atom stereocenters. The second kappa shape index (κ2) is 7.21. The third-order valence-corrected chi connectivity index (χ3v) is 5.19. The van der Waals surface area contributed by atoms with Gasteiger partial charge in [0, 0.05) is 31.1 Å². The van der Waals surface area contributed by atoms with Gasteiger partial charge in [-0.3, -0.25) is 0 Å². The average molecular weight is 300 g/mol. The van der Waals surface area contributed by atoms with E-state index in [1.54, 1.807) is 0 Å². The molecule has 0 amide bonds. The molecule has 0 spiro atoms. The fraction of sp³-hybridized carbons (Fsp3) is 0.444. The number of nitrogens with zero attached hydrogens (tertiary/aromatic N) is 2. The molecule has 1 aliphatic rings. The lowest BCUT2D eigenvalue weighted by atomic mass is 10.1. The lowest BCUT2D eigenvalue weighted by Gasteiger charge is -2.32. The first-order chi connectivity index (χ1) is 10.3. The fourth-order valence-electron chi connectivity index (χ4n) is 2.90. The molecule has 2 aromatic rings. The number of aryl methyl sites for hydroxylation is 1. The second-order valence-corrected chi connectivity index (χ2v) is 6.87. The molecule has 0 bridgehead atoms. The summed E-state index contributed by atoms with van der Waals surface area (Å²) in [5.74, 6) is 0. The monoisotopic (exact) mass is 300 g/mol. The highest BCUT2D eigenvalue weighted by Gasteiger charge is 2.12. The largest absolute Gasteiger partial charge is 0.304 e. The Labute approximate surface area is 132 Å². The number of hydrogen-bond acceptors (Lipinski definition) is 3. The molecule has 0 radical (unpaired) electrons. The first-order valence-electron chi connectivity index (χ1n) is 7.85. The van der Waals surface area contributed by atoms with Crippen LogP contribution in [-0.2, 0) is 6.42 Å². The Kier molecular flexibility index (Phi) is 5.07. The molecule has 112 valence electrons. The average Bonchev–Trinajstić information content (AvgIpc) is 3.04. The van der Waals surface area contributed by atoms with Crippen LogP contribution in [0.25, 0.3) is 10.4 Å². The first kappa shape index (κ1) is 14.8. The van der Waals surface area contributed by atoms with Crippen LogP contribution in [0.15, 0.2) is 41.8 Å². The summed E-state index contributed by atoms with van der Waals surface area (Å²) in [5, 5.41) is 2.15. The third kappa shape index (κ3) is 4.16. The zero-order valence-electron chi connectivity index (χ0n) is 12.8. The van der Waals surface area contributed by atoms with Crippen molar-refractivity contribution in [2.45, 2.75) is 12.8 Å². The van der Waals surface area contributed by atoms with Gasteiger partial charge in [-0.05, 0) is 49.0 Å². The van der Waals surface area contributed by atoms with Crippen molar-refractivity contribution in [2.24, 2.45) is 0 Å². The minimum absolute atomic E-state index is 1.19. The number of thiophene rings is 1. The van der Waals surface area contributed by atoms with Crippen LogP contribution in [0.2, 0.25) is 0 Å². The third-order valence-electron chi connectivity index (χ3n) is 4.27. The molecule has 0 saturated carbocycles. The zero-order valence-corrected chi connectivity index (χ0v) is 13.6. The van der Waals surface area contributed by atoms with Gasteiger partial charge in [-0.1, -0.05) is 30.3 Å². The molecule has 0 N–H and O–H groups in total. The first-order valence-corrected chi connectivity index (χ1v) is 8.73. The molecule has 1 aromatic carbocycles. The minimum atomic E-state index is 1.19. The summed E-state index contributed by atoms with van der Waals surface area (Å²) in [5.41, 5.74) is 2.83. The number of hydrogen-bond donors (Lipinski definition) is 0. The van der Waals surface area contributed by atoms with Gasteiger partial charge in [0.05, 0.1) is 0 Å². The van der Waals surface area contributed by atoms with E-state index in [1.165, 1.54) is 61.6 Å². The maximum absolute atomic E-state index is 2.60. The van der Waals surface area contributed by atoms with Gasteiger partial charge in [-0.25, -0.2) is 0 Å². The Morgan fingerprint density at radius 2 is 1.90 bits per heavy atom. The summed E-state index contributed by atoms with van der Waals surface area (Å²) in [6.07, 6.45) is 2.45. The van der Waals surface area contributed by atoms with Gasteiger partial charge in [0.1, 0.15) is 0 Å². The van der Waals surface area contributed by atoms with E-state index >= 15 is 0 Å². The van der Waals surface area contributed by atoms with Crippen LogP contribution in [0, 0.1) is 0 Å². The van der Waals surface area contributed by atoms with Crippen molar-refractivity contribution in [3.05, 3.63) is 47.3 Å². The maximum Gasteiger partial charge on any atom is 0.0342 e. The maximum atomic E-state index is 2.60. The fourth-order valence-corrected chi connectivity index (χ4v) is 3.63. The van der Waals surface area contributed by atoms with E-state index in [4.69, 9.17) is 0 Å². The smallest absolute Gasteiger partial charge is 0.0342 e. The van der Waals surface area contributed by atoms with Crippen molar-refractivity contribution in [3.8, 4) is 10.4 Å². The summed E-state index contributed by atoms with van der Waals surface area (Å²) < 4.78 is 0. The van der Waals surface area contributed by atoms with E-state index in [-0.39, 0.29) is 0 Å². The summed E-state index contributed by atoms with van der Waals surface area (Å²) in [4.78, 5) is 6.39. The summed E-state index contributed by atoms with van der Waals surface area (Å²) in [6, 6.07) is 13.4. The van der Waals surface area contributed by atoms with E-state index in [9.17, 15) is 0 Å². The van der Waals surface area contributed by atoms with E-state index < -0.39 is 0 Å². The Balaban J connectivity index is 1.50. The highest BCUT2D eigenvalue weighted by atomic mass is 32.1. The second-order valence-electron chi connectivity index (χ2n) is 5.93. The Hall–Kier alpha value is -1.16. The molecule has 3 heteroatoms. The molecule has 0 aliphatic carbocycles. The van der Waals surface area contributed by atoms with Crippen molar-refractivity contribution in [3.63, 3.8) is 0 Å². The molecule has 1 fully saturated rings. The quantitative estimate of drug-likeness (QED) is 0.832. The number of piperazine rings is 1. The standard InChI is InChI=1S/C18H24N2S/c1-19-10-12-20(13-11-19)9-3-6-16-5-2-7-17(15-16)18-8-4-14-21-18/h2,4-5,7-8,14-15H,3,6,9-13H2,1H3. The topological polar surface area (TPSA) is 6.48 Å². The van der Waals surface area contributed by atoms with Crippen LogP contribution in [0.4, 0.5) is 0 Å². The van der Waals surface area contributed by atoms with Gasteiger partial charge >= 0.3 is 0 Å². The normalized spacial score (nSPS) is 17.2. The van der Waals surface area contributed by atoms with Crippen molar-refractivity contribution >= 4 is 11.3 Å². The number of benzene rings is 1. The van der Waals surface area contributed by atoms with Crippen molar-refractivity contribution < 1.29 is 0 Å². The van der Waals surface area contributed by atoms with Crippen molar-refractivity contribution in [2.75, 3.05) is 39.8 Å². The summed E-state index contributed by atoms with van der Waals surface area (Å²) in [7, 11) is 2.22. The minimum Gasteiger partial charge on any atom is -0.304 e. The van der Waals surface area contributed by atoms with Gasteiger partial charge in [-0.15, -0.1) is 11.3 Å². The Morgan fingerprint density at radius 3 is 2.67 bits per heavy atom. The zero-order chi connectivity index (χ0) is 14.5. The van der Waals surface area contributed by atoms with Crippen LogP contribution in [0.3, 0.4) is 0 Å². The van der Waals surface area contributed by atoms with Crippen LogP contribution in [0.5, 0.6) is 0 Å². The highest BCUT2D eigenvalue weighted by molar-refractivity contribution is 7.13. The van der Waals surface area contributed by atoms with Crippen LogP contribution < -0.4 is 0 Å². The summed E-state index contributed by atoms with van der Waals surface area (Å²) >= 11 is 1.82. The van der Waals surface area contributed by atoms with Gasteiger partial charge in [-0.2, -0.15) is 0 Å². The Bertz CT molecular complexity index is 542. The van der Waals surface area contributed by atoms with Gasteiger partial charge in [0.25, 0.3) is 0 Å². The lowest BCUT2D eigenvalue weighted by molar-refractivity contribution is 0.153. The molecule has 0 unspecified atom stereocenters. The molecule has 1 aliphatic heterocycles. The van der Waals surface area contributed by atoms with Gasteiger partial charge < -0.3 is 9.80 Å². The van der Waals surface area contributed by atoms with Crippen molar-refractivity contribution in [1.82, 2.24) is 9.80 Å². The molecule has 2 heterocycles. The van der Waals surface area contributed by atoms with E-state index in [0.717, 1.165) is 0 Å².